The third-order valence-electron chi connectivity index (χ3n) is 2.14. The summed E-state index contributed by atoms with van der Waals surface area (Å²) in [5.41, 5.74) is 7.08. The Morgan fingerprint density at radius 1 is 1.56 bits per heavy atom. The molecule has 0 radical (unpaired) electrons. The van der Waals surface area contributed by atoms with Gasteiger partial charge in [-0.15, -0.1) is 0 Å². The summed E-state index contributed by atoms with van der Waals surface area (Å²) in [4.78, 5) is 15.6. The molecule has 2 aromatic rings. The Kier molecular flexibility index (Phi) is 2.59. The molecular weight excluding hydrogens is 206 g/mol. The van der Waals surface area contributed by atoms with Crippen molar-refractivity contribution in [2.45, 2.75) is 6.92 Å². The standard InChI is InChI=1S/C11H11N3O2/c1-7-5-10(13-6-8(7)12)14-11(15)9-3-2-4-16-9/h2-6H,12H2,1H3,(H,13,14,15). The monoisotopic (exact) mass is 217 g/mol. The number of rotatable bonds is 2. The summed E-state index contributed by atoms with van der Waals surface area (Å²) in [5.74, 6) is 0.367. The number of carbonyl (C=O) groups is 1. The molecule has 0 saturated carbocycles. The first kappa shape index (κ1) is 10.2. The van der Waals surface area contributed by atoms with Gasteiger partial charge in [-0.25, -0.2) is 4.98 Å². The van der Waals surface area contributed by atoms with E-state index in [2.05, 4.69) is 10.3 Å². The van der Waals surface area contributed by atoms with Crippen LogP contribution in [0, 0.1) is 6.92 Å². The lowest BCUT2D eigenvalue weighted by Crippen LogP contribution is -2.12. The van der Waals surface area contributed by atoms with E-state index in [-0.39, 0.29) is 11.7 Å². The molecule has 2 heterocycles. The SMILES string of the molecule is Cc1cc(NC(=O)c2ccco2)ncc1N. The lowest BCUT2D eigenvalue weighted by molar-refractivity contribution is 0.0996. The van der Waals surface area contributed by atoms with E-state index in [0.29, 0.717) is 11.5 Å². The van der Waals surface area contributed by atoms with Gasteiger partial charge in [0.05, 0.1) is 18.1 Å². The number of anilines is 2. The Balaban J connectivity index is 2.15. The third kappa shape index (κ3) is 2.03. The maximum absolute atomic E-state index is 11.6. The molecule has 0 saturated heterocycles. The molecule has 1 amide bonds. The van der Waals surface area contributed by atoms with Crippen LogP contribution in [0.5, 0.6) is 0 Å². The van der Waals surface area contributed by atoms with Crippen molar-refractivity contribution in [3.63, 3.8) is 0 Å². The molecule has 2 aromatic heterocycles. The molecule has 5 nitrogen and oxygen atoms in total. The zero-order chi connectivity index (χ0) is 11.5. The van der Waals surface area contributed by atoms with Gasteiger partial charge in [-0.05, 0) is 30.7 Å². The highest BCUT2D eigenvalue weighted by molar-refractivity contribution is 6.01. The van der Waals surface area contributed by atoms with Gasteiger partial charge in [0.15, 0.2) is 5.76 Å². The van der Waals surface area contributed by atoms with E-state index in [1.807, 2.05) is 6.92 Å². The third-order valence-corrected chi connectivity index (χ3v) is 2.14. The molecule has 16 heavy (non-hydrogen) atoms. The van der Waals surface area contributed by atoms with Crippen molar-refractivity contribution in [3.8, 4) is 0 Å². The quantitative estimate of drug-likeness (QED) is 0.803. The number of amides is 1. The molecule has 0 bridgehead atoms. The van der Waals surface area contributed by atoms with E-state index in [1.165, 1.54) is 12.5 Å². The number of nitrogens with two attached hydrogens (primary N) is 1. The molecule has 0 fully saturated rings. The van der Waals surface area contributed by atoms with Crippen LogP contribution < -0.4 is 11.1 Å². The molecular formula is C11H11N3O2. The van der Waals surface area contributed by atoms with Crippen LogP contribution in [0.1, 0.15) is 16.1 Å². The minimum absolute atomic E-state index is 0.247. The average Bonchev–Trinajstić information content (AvgIpc) is 2.77. The van der Waals surface area contributed by atoms with Gasteiger partial charge in [0.2, 0.25) is 0 Å². The fraction of sp³-hybridized carbons (Fsp3) is 0.0909. The maximum atomic E-state index is 11.6. The highest BCUT2D eigenvalue weighted by Crippen LogP contribution is 2.14. The number of nitrogen functional groups attached to an aromatic ring is 1. The van der Waals surface area contributed by atoms with Crippen molar-refractivity contribution in [2.75, 3.05) is 11.1 Å². The van der Waals surface area contributed by atoms with Crippen molar-refractivity contribution in [1.29, 1.82) is 0 Å². The maximum Gasteiger partial charge on any atom is 0.292 e. The van der Waals surface area contributed by atoms with Crippen LogP contribution in [-0.4, -0.2) is 10.9 Å². The van der Waals surface area contributed by atoms with Gasteiger partial charge in [-0.3, -0.25) is 4.79 Å². The normalized spacial score (nSPS) is 10.1. The van der Waals surface area contributed by atoms with Gasteiger partial charge in [0.25, 0.3) is 5.91 Å². The number of nitrogens with one attached hydrogen (secondary N) is 1. The summed E-state index contributed by atoms with van der Waals surface area (Å²) < 4.78 is 4.96. The summed E-state index contributed by atoms with van der Waals surface area (Å²) in [5, 5.41) is 2.61. The first-order chi connectivity index (χ1) is 7.66. The Hall–Kier alpha value is -2.30. The fourth-order valence-corrected chi connectivity index (χ4v) is 1.22. The van der Waals surface area contributed by atoms with Crippen LogP contribution in [0.15, 0.2) is 35.1 Å². The van der Waals surface area contributed by atoms with Crippen LogP contribution in [0.4, 0.5) is 11.5 Å². The van der Waals surface area contributed by atoms with Crippen LogP contribution in [0.2, 0.25) is 0 Å². The van der Waals surface area contributed by atoms with Gasteiger partial charge < -0.3 is 15.5 Å². The number of pyridine rings is 1. The van der Waals surface area contributed by atoms with Crippen LogP contribution >= 0.6 is 0 Å². The van der Waals surface area contributed by atoms with E-state index in [0.717, 1.165) is 5.56 Å². The topological polar surface area (TPSA) is 81.2 Å². The number of carbonyl (C=O) groups excluding carboxylic acids is 1. The van der Waals surface area contributed by atoms with Crippen molar-refractivity contribution in [3.05, 3.63) is 42.0 Å². The number of nitrogens with zero attached hydrogens (tertiary/aromatic N) is 1. The molecule has 0 aliphatic carbocycles. The van der Waals surface area contributed by atoms with E-state index in [9.17, 15) is 4.79 Å². The van der Waals surface area contributed by atoms with Crippen LogP contribution in [-0.2, 0) is 0 Å². The number of hydrogen-bond donors (Lipinski definition) is 2. The molecule has 0 aliphatic rings. The second kappa shape index (κ2) is 4.06. The highest BCUT2D eigenvalue weighted by Gasteiger charge is 2.09. The number of hydrogen-bond acceptors (Lipinski definition) is 4. The van der Waals surface area contributed by atoms with Gasteiger partial charge in [0.1, 0.15) is 5.82 Å². The highest BCUT2D eigenvalue weighted by atomic mass is 16.3. The van der Waals surface area contributed by atoms with Gasteiger partial charge in [-0.2, -0.15) is 0 Å². The largest absolute Gasteiger partial charge is 0.459 e. The molecule has 82 valence electrons. The Bertz CT molecular complexity index is 506. The summed E-state index contributed by atoms with van der Waals surface area (Å²) in [6, 6.07) is 4.94. The summed E-state index contributed by atoms with van der Waals surface area (Å²) in [7, 11) is 0. The van der Waals surface area contributed by atoms with Gasteiger partial charge >= 0.3 is 0 Å². The number of aromatic nitrogens is 1. The van der Waals surface area contributed by atoms with Crippen molar-refractivity contribution in [2.24, 2.45) is 0 Å². The minimum Gasteiger partial charge on any atom is -0.459 e. The van der Waals surface area contributed by atoms with Crippen molar-refractivity contribution < 1.29 is 9.21 Å². The van der Waals surface area contributed by atoms with Crippen LogP contribution in [0.3, 0.4) is 0 Å². The first-order valence-electron chi connectivity index (χ1n) is 4.74. The predicted molar refractivity (Wildman–Crippen MR) is 60.0 cm³/mol. The number of furan rings is 1. The molecule has 5 heteroatoms. The summed E-state index contributed by atoms with van der Waals surface area (Å²) in [6.45, 7) is 1.85. The zero-order valence-electron chi connectivity index (χ0n) is 8.73. The van der Waals surface area contributed by atoms with Crippen molar-refractivity contribution in [1.82, 2.24) is 4.98 Å². The smallest absolute Gasteiger partial charge is 0.292 e. The number of aryl methyl sites for hydroxylation is 1. The summed E-state index contributed by atoms with van der Waals surface area (Å²) in [6.07, 6.45) is 2.95. The zero-order valence-corrected chi connectivity index (χ0v) is 8.73. The lowest BCUT2D eigenvalue weighted by Gasteiger charge is -2.04. The lowest BCUT2D eigenvalue weighted by atomic mass is 10.2. The van der Waals surface area contributed by atoms with E-state index in [1.54, 1.807) is 18.2 Å². The molecule has 3 N–H and O–H groups in total. The molecule has 0 atom stereocenters. The molecule has 0 unspecified atom stereocenters. The molecule has 0 aliphatic heterocycles. The van der Waals surface area contributed by atoms with E-state index >= 15 is 0 Å². The minimum atomic E-state index is -0.332. The van der Waals surface area contributed by atoms with Gasteiger partial charge in [0, 0.05) is 0 Å². The molecule has 2 rings (SSSR count). The second-order valence-electron chi connectivity index (χ2n) is 3.36. The fourth-order valence-electron chi connectivity index (χ4n) is 1.22. The van der Waals surface area contributed by atoms with E-state index in [4.69, 9.17) is 10.2 Å². The van der Waals surface area contributed by atoms with Crippen LogP contribution in [0.25, 0.3) is 0 Å². The van der Waals surface area contributed by atoms with Gasteiger partial charge in [-0.1, -0.05) is 0 Å². The van der Waals surface area contributed by atoms with Crippen molar-refractivity contribution >= 4 is 17.4 Å². The predicted octanol–water partition coefficient (Wildman–Crippen LogP) is 1.82. The Labute approximate surface area is 92.3 Å². The van der Waals surface area contributed by atoms with E-state index < -0.39 is 0 Å². The average molecular weight is 217 g/mol. The molecule has 0 aromatic carbocycles. The Morgan fingerprint density at radius 3 is 3.00 bits per heavy atom. The first-order valence-corrected chi connectivity index (χ1v) is 4.74. The molecule has 0 spiro atoms. The second-order valence-corrected chi connectivity index (χ2v) is 3.36. The summed E-state index contributed by atoms with van der Waals surface area (Å²) >= 11 is 0. The Morgan fingerprint density at radius 2 is 2.38 bits per heavy atom.